The Hall–Kier alpha value is -1.43. The molecule has 4 rings (SSSR count). The Balaban J connectivity index is 2.12. The van der Waals surface area contributed by atoms with Gasteiger partial charge in [0.2, 0.25) is 0 Å². The van der Waals surface area contributed by atoms with Gasteiger partial charge in [-0.2, -0.15) is 0 Å². The van der Waals surface area contributed by atoms with E-state index < -0.39 is 5.31 Å². The van der Waals surface area contributed by atoms with Crippen LogP contribution in [0.4, 0.5) is 0 Å². The molecule has 0 atom stereocenters. The van der Waals surface area contributed by atoms with Crippen molar-refractivity contribution in [2.45, 2.75) is 18.5 Å². The van der Waals surface area contributed by atoms with E-state index in [1.165, 1.54) is 28.8 Å². The van der Waals surface area contributed by atoms with Gasteiger partial charge < -0.3 is 0 Å². The molecule has 116 valence electrons. The van der Waals surface area contributed by atoms with Crippen molar-refractivity contribution in [2.75, 3.05) is 0 Å². The SMILES string of the molecule is BrP(c1ccccc1)(c1ccccc1)(c1ccccc1)C1CC1. The zero-order valence-corrected chi connectivity index (χ0v) is 15.5. The van der Waals surface area contributed by atoms with Crippen LogP contribution in [0.3, 0.4) is 0 Å². The predicted octanol–water partition coefficient (Wildman–Crippen LogP) is 4.99. The van der Waals surface area contributed by atoms with Gasteiger partial charge in [0.1, 0.15) is 0 Å². The quantitative estimate of drug-likeness (QED) is 0.557. The van der Waals surface area contributed by atoms with Gasteiger partial charge in [0.05, 0.1) is 0 Å². The van der Waals surface area contributed by atoms with E-state index in [0.29, 0.717) is 5.66 Å². The van der Waals surface area contributed by atoms with Crippen LogP contribution in [0, 0.1) is 0 Å². The van der Waals surface area contributed by atoms with Crippen LogP contribution in [0.15, 0.2) is 91.0 Å². The van der Waals surface area contributed by atoms with Crippen LogP contribution < -0.4 is 15.9 Å². The summed E-state index contributed by atoms with van der Waals surface area (Å²) in [6.07, 6.45) is 2.59. The van der Waals surface area contributed by atoms with Crippen molar-refractivity contribution in [1.82, 2.24) is 0 Å². The summed E-state index contributed by atoms with van der Waals surface area (Å²) >= 11 is 4.47. The van der Waals surface area contributed by atoms with Crippen LogP contribution in [-0.4, -0.2) is 5.66 Å². The van der Waals surface area contributed by atoms with Crippen LogP contribution in [0.1, 0.15) is 12.8 Å². The minimum atomic E-state index is -2.59. The molecule has 0 heterocycles. The molecule has 0 nitrogen and oxygen atoms in total. The van der Waals surface area contributed by atoms with Crippen molar-refractivity contribution in [3.63, 3.8) is 0 Å². The summed E-state index contributed by atoms with van der Waals surface area (Å²) in [5.41, 5.74) is 0.688. The second-order valence-corrected chi connectivity index (χ2v) is 15.2. The first kappa shape index (κ1) is 15.1. The van der Waals surface area contributed by atoms with Crippen molar-refractivity contribution >= 4 is 36.7 Å². The molecule has 2 heteroatoms. The summed E-state index contributed by atoms with van der Waals surface area (Å²) in [5, 5.41) is 1.74. The molecule has 1 saturated carbocycles. The topological polar surface area (TPSA) is 0 Å². The minimum absolute atomic E-state index is 0.688. The van der Waals surface area contributed by atoms with Crippen LogP contribution in [-0.2, 0) is 0 Å². The third-order valence-corrected chi connectivity index (χ3v) is 16.3. The molecule has 0 bridgehead atoms. The summed E-state index contributed by atoms with van der Waals surface area (Å²) in [5.74, 6) is 0. The van der Waals surface area contributed by atoms with Crippen LogP contribution in [0.5, 0.6) is 0 Å². The van der Waals surface area contributed by atoms with Crippen molar-refractivity contribution in [2.24, 2.45) is 0 Å². The molecule has 0 saturated heterocycles. The fourth-order valence-corrected chi connectivity index (χ4v) is 12.7. The Morgan fingerprint density at radius 1 is 0.565 bits per heavy atom. The van der Waals surface area contributed by atoms with E-state index >= 15 is 0 Å². The summed E-state index contributed by atoms with van der Waals surface area (Å²) in [6.45, 7) is 0. The van der Waals surface area contributed by atoms with E-state index in [9.17, 15) is 0 Å². The van der Waals surface area contributed by atoms with Crippen LogP contribution in [0.2, 0.25) is 0 Å². The first-order valence-electron chi connectivity index (χ1n) is 8.15. The third kappa shape index (κ3) is 2.14. The van der Waals surface area contributed by atoms with Gasteiger partial charge in [-0.3, -0.25) is 0 Å². The van der Waals surface area contributed by atoms with Gasteiger partial charge in [-0.15, -0.1) is 0 Å². The standard InChI is InChI=1S/C21H20BrP/c22-23(21-16-17-21,18-10-4-1-5-11-18,19-12-6-2-7-13-19)20-14-8-3-9-15-20/h1-15,21H,16-17H2. The van der Waals surface area contributed by atoms with E-state index in [1.54, 1.807) is 0 Å². The number of benzene rings is 3. The molecule has 1 aliphatic carbocycles. The van der Waals surface area contributed by atoms with Gasteiger partial charge in [-0.25, -0.2) is 0 Å². The molecule has 0 aromatic heterocycles. The van der Waals surface area contributed by atoms with Crippen molar-refractivity contribution in [3.8, 4) is 0 Å². The number of halogens is 1. The zero-order valence-electron chi connectivity index (χ0n) is 13.0. The van der Waals surface area contributed by atoms with Gasteiger partial charge in [0.25, 0.3) is 0 Å². The Morgan fingerprint density at radius 2 is 0.870 bits per heavy atom. The molecule has 1 aliphatic rings. The van der Waals surface area contributed by atoms with Gasteiger partial charge in [0, 0.05) is 0 Å². The third-order valence-electron chi connectivity index (χ3n) is 5.02. The van der Waals surface area contributed by atoms with Gasteiger partial charge in [-0.1, -0.05) is 0 Å². The first-order valence-corrected chi connectivity index (χ1v) is 12.5. The van der Waals surface area contributed by atoms with E-state index in [1.807, 2.05) is 0 Å². The van der Waals surface area contributed by atoms with E-state index in [-0.39, 0.29) is 0 Å². The Morgan fingerprint density at radius 3 is 1.13 bits per heavy atom. The maximum atomic E-state index is 4.47. The predicted molar refractivity (Wildman–Crippen MR) is 107 cm³/mol. The first-order chi connectivity index (χ1) is 11.2. The fraction of sp³-hybridized carbons (Fsp3) is 0.143. The molecule has 1 fully saturated rings. The number of rotatable bonds is 4. The molecule has 0 radical (unpaired) electrons. The average molecular weight is 383 g/mol. The normalized spacial score (nSPS) is 16.5. The van der Waals surface area contributed by atoms with Crippen LogP contribution >= 0.6 is 20.8 Å². The van der Waals surface area contributed by atoms with E-state index in [4.69, 9.17) is 0 Å². The summed E-state index contributed by atoms with van der Waals surface area (Å²) in [6, 6.07) is 33.2. The molecule has 0 amide bonds. The summed E-state index contributed by atoms with van der Waals surface area (Å²) < 4.78 is 0. The summed E-state index contributed by atoms with van der Waals surface area (Å²) in [7, 11) is 0. The molecule has 23 heavy (non-hydrogen) atoms. The molecule has 0 aliphatic heterocycles. The molecule has 0 unspecified atom stereocenters. The molecular weight excluding hydrogens is 363 g/mol. The monoisotopic (exact) mass is 382 g/mol. The van der Waals surface area contributed by atoms with E-state index in [2.05, 4.69) is 106 Å². The maximum absolute atomic E-state index is 4.47. The van der Waals surface area contributed by atoms with Crippen LogP contribution in [0.25, 0.3) is 0 Å². The second-order valence-electron chi connectivity index (χ2n) is 6.31. The van der Waals surface area contributed by atoms with Gasteiger partial charge >= 0.3 is 146 Å². The van der Waals surface area contributed by atoms with Crippen molar-refractivity contribution in [1.29, 1.82) is 0 Å². The Kier molecular flexibility index (Phi) is 3.67. The zero-order chi connectivity index (χ0) is 15.8. The number of hydrogen-bond donors (Lipinski definition) is 0. The van der Waals surface area contributed by atoms with Gasteiger partial charge in [-0.05, 0) is 0 Å². The molecule has 0 spiro atoms. The summed E-state index contributed by atoms with van der Waals surface area (Å²) in [4.78, 5) is 0. The molecular formula is C21H20BrP. The molecule has 3 aromatic rings. The number of hydrogen-bond acceptors (Lipinski definition) is 0. The Labute approximate surface area is 146 Å². The fourth-order valence-electron chi connectivity index (χ4n) is 3.80. The van der Waals surface area contributed by atoms with Crippen molar-refractivity contribution < 1.29 is 0 Å². The van der Waals surface area contributed by atoms with E-state index in [0.717, 1.165) is 0 Å². The van der Waals surface area contributed by atoms with Crippen molar-refractivity contribution in [3.05, 3.63) is 91.0 Å². The molecule has 0 N–H and O–H groups in total. The van der Waals surface area contributed by atoms with Gasteiger partial charge in [0.15, 0.2) is 0 Å². The second kappa shape index (κ2) is 5.58. The molecule has 3 aromatic carbocycles. The average Bonchev–Trinajstić information content (AvgIpc) is 3.49. The Bertz CT molecular complexity index is 696.